The van der Waals surface area contributed by atoms with Crippen molar-refractivity contribution in [2.75, 3.05) is 26.0 Å². The number of halogens is 1. The molecular weight excluding hydrogens is 440 g/mol. The van der Waals surface area contributed by atoms with E-state index in [1.54, 1.807) is 25.1 Å². The molecule has 0 saturated carbocycles. The van der Waals surface area contributed by atoms with Crippen molar-refractivity contribution in [3.8, 4) is 5.75 Å². The number of nitrogens with one attached hydrogen (secondary N) is 1. The van der Waals surface area contributed by atoms with Crippen molar-refractivity contribution < 1.29 is 23.9 Å². The molecule has 0 radical (unpaired) electrons. The summed E-state index contributed by atoms with van der Waals surface area (Å²) in [7, 11) is 0. The Morgan fingerprint density at radius 2 is 1.94 bits per heavy atom. The second-order valence-electron chi connectivity index (χ2n) is 6.73. The first-order valence-electron chi connectivity index (χ1n) is 9.50. The molecule has 1 N–H and O–H groups in total. The van der Waals surface area contributed by atoms with Crippen LogP contribution in [0.25, 0.3) is 0 Å². The third kappa shape index (κ3) is 5.26. The van der Waals surface area contributed by atoms with E-state index in [1.807, 2.05) is 12.3 Å². The van der Waals surface area contributed by atoms with Gasteiger partial charge in [0.15, 0.2) is 12.4 Å². The number of benzene rings is 2. The molecule has 1 heterocycles. The van der Waals surface area contributed by atoms with E-state index in [9.17, 15) is 14.4 Å². The zero-order valence-electron chi connectivity index (χ0n) is 17.1. The van der Waals surface area contributed by atoms with Gasteiger partial charge in [-0.3, -0.25) is 15.0 Å². The maximum Gasteiger partial charge on any atom is 0.344 e. The summed E-state index contributed by atoms with van der Waals surface area (Å²) in [6, 6.07) is 9.78. The number of ketones is 1. The van der Waals surface area contributed by atoms with Crippen LogP contribution in [-0.4, -0.2) is 53.6 Å². The number of carbonyl (C=O) groups is 3. The molecule has 0 bridgehead atoms. The molecule has 0 aromatic heterocycles. The van der Waals surface area contributed by atoms with Crippen molar-refractivity contribution >= 4 is 46.1 Å². The lowest BCUT2D eigenvalue weighted by Crippen LogP contribution is -2.30. The van der Waals surface area contributed by atoms with Gasteiger partial charge in [0, 0.05) is 23.2 Å². The highest BCUT2D eigenvalue weighted by atomic mass is 35.5. The normalized spacial score (nSPS) is 12.5. The Kier molecular flexibility index (Phi) is 7.35. The van der Waals surface area contributed by atoms with E-state index in [0.29, 0.717) is 22.7 Å². The van der Waals surface area contributed by atoms with Gasteiger partial charge in [-0.05, 0) is 49.1 Å². The number of ether oxygens (including phenoxy) is 2. The Labute approximate surface area is 189 Å². The van der Waals surface area contributed by atoms with Crippen molar-refractivity contribution in [2.24, 2.45) is 0 Å². The van der Waals surface area contributed by atoms with Crippen molar-refractivity contribution in [1.82, 2.24) is 4.90 Å². The minimum absolute atomic E-state index is 0.0951. The average Bonchev–Trinajstić information content (AvgIpc) is 3.06. The maximum atomic E-state index is 12.7. The van der Waals surface area contributed by atoms with E-state index < -0.39 is 5.97 Å². The number of amides is 1. The Morgan fingerprint density at radius 3 is 2.61 bits per heavy atom. The first-order chi connectivity index (χ1) is 14.8. The van der Waals surface area contributed by atoms with Gasteiger partial charge in [-0.25, -0.2) is 4.79 Å². The summed E-state index contributed by atoms with van der Waals surface area (Å²) < 4.78 is 10.1. The molecule has 0 unspecified atom stereocenters. The largest absolute Gasteiger partial charge is 0.480 e. The third-order valence-corrected chi connectivity index (χ3v) is 5.63. The summed E-state index contributed by atoms with van der Waals surface area (Å²) in [5, 5.41) is 8.55. The molecule has 2 aromatic rings. The molecule has 162 valence electrons. The van der Waals surface area contributed by atoms with E-state index in [-0.39, 0.29) is 42.2 Å². The minimum Gasteiger partial charge on any atom is -0.480 e. The van der Waals surface area contributed by atoms with Crippen LogP contribution in [0.3, 0.4) is 0 Å². The van der Waals surface area contributed by atoms with Gasteiger partial charge in [-0.2, -0.15) is 0 Å². The molecule has 0 fully saturated rings. The van der Waals surface area contributed by atoms with Crippen molar-refractivity contribution in [2.45, 2.75) is 13.5 Å². The van der Waals surface area contributed by atoms with Crippen LogP contribution in [0, 0.1) is 5.41 Å². The third-order valence-electron chi connectivity index (χ3n) is 4.69. The van der Waals surface area contributed by atoms with Crippen molar-refractivity contribution in [1.29, 1.82) is 5.41 Å². The van der Waals surface area contributed by atoms with Gasteiger partial charge < -0.3 is 14.4 Å². The maximum absolute atomic E-state index is 12.7. The number of hydrogen-bond acceptors (Lipinski definition) is 7. The van der Waals surface area contributed by atoms with Gasteiger partial charge in [-0.15, -0.1) is 11.8 Å². The number of fused-ring (bicyclic) bond motifs is 1. The Balaban J connectivity index is 1.66. The molecule has 1 aliphatic rings. The summed E-state index contributed by atoms with van der Waals surface area (Å²) in [5.41, 5.74) is 2.43. The molecule has 1 aliphatic heterocycles. The van der Waals surface area contributed by atoms with Gasteiger partial charge in [0.1, 0.15) is 5.75 Å². The molecule has 31 heavy (non-hydrogen) atoms. The lowest BCUT2D eigenvalue weighted by molar-refractivity contribution is -0.145. The molecule has 0 aliphatic carbocycles. The SMILES string of the molecule is CCOC(=O)COc1ccc(C(=O)CN2Cc3cc(C(=N)SC)ccc3C2=O)cc1Cl. The zero-order valence-corrected chi connectivity index (χ0v) is 18.6. The standard InChI is InChI=1S/C22H21ClN2O5S/c1-3-29-20(27)12-30-19-7-5-13(9-17(19)23)18(26)11-25-10-15-8-14(21(24)31-2)4-6-16(15)22(25)28/h4-9,24H,3,10-12H2,1-2H3. The van der Waals surface area contributed by atoms with Crippen LogP contribution in [0.15, 0.2) is 36.4 Å². The number of carbonyl (C=O) groups excluding carboxylic acids is 3. The number of Topliss-reactive ketones (excluding diaryl/α,β-unsaturated/α-hetero) is 1. The van der Waals surface area contributed by atoms with Gasteiger partial charge >= 0.3 is 5.97 Å². The summed E-state index contributed by atoms with van der Waals surface area (Å²) in [6.07, 6.45) is 1.82. The second kappa shape index (κ2) is 9.98. The first kappa shape index (κ1) is 22.8. The van der Waals surface area contributed by atoms with E-state index in [0.717, 1.165) is 11.1 Å². The van der Waals surface area contributed by atoms with Crippen LogP contribution in [0.4, 0.5) is 0 Å². The van der Waals surface area contributed by atoms with Crippen molar-refractivity contribution in [3.63, 3.8) is 0 Å². The predicted octanol–water partition coefficient (Wildman–Crippen LogP) is 3.81. The average molecular weight is 461 g/mol. The fraction of sp³-hybridized carbons (Fsp3) is 0.273. The van der Waals surface area contributed by atoms with Gasteiger partial charge in [0.2, 0.25) is 0 Å². The number of hydrogen-bond donors (Lipinski definition) is 1. The van der Waals surface area contributed by atoms with Crippen LogP contribution in [-0.2, 0) is 16.1 Å². The summed E-state index contributed by atoms with van der Waals surface area (Å²) >= 11 is 7.51. The lowest BCUT2D eigenvalue weighted by Gasteiger charge is -2.15. The monoisotopic (exact) mass is 460 g/mol. The smallest absolute Gasteiger partial charge is 0.344 e. The number of rotatable bonds is 8. The van der Waals surface area contributed by atoms with E-state index in [2.05, 4.69) is 0 Å². The summed E-state index contributed by atoms with van der Waals surface area (Å²) in [5.74, 6) is -0.732. The number of nitrogens with zero attached hydrogens (tertiary/aromatic N) is 1. The Morgan fingerprint density at radius 1 is 1.19 bits per heavy atom. The van der Waals surface area contributed by atoms with Gasteiger partial charge in [0.25, 0.3) is 5.91 Å². The molecular formula is C22H21ClN2O5S. The molecule has 0 saturated heterocycles. The quantitative estimate of drug-likeness (QED) is 0.278. The van der Waals surface area contributed by atoms with Crippen LogP contribution in [0.2, 0.25) is 5.02 Å². The van der Waals surface area contributed by atoms with Crippen LogP contribution >= 0.6 is 23.4 Å². The van der Waals surface area contributed by atoms with Gasteiger partial charge in [-0.1, -0.05) is 17.7 Å². The fourth-order valence-corrected chi connectivity index (χ4v) is 3.76. The summed E-state index contributed by atoms with van der Waals surface area (Å²) in [4.78, 5) is 38.3. The summed E-state index contributed by atoms with van der Waals surface area (Å²) in [6.45, 7) is 1.89. The topological polar surface area (TPSA) is 96.8 Å². The Bertz CT molecular complexity index is 1060. The van der Waals surface area contributed by atoms with Gasteiger partial charge in [0.05, 0.1) is 23.2 Å². The number of thioether (sulfide) groups is 1. The zero-order chi connectivity index (χ0) is 22.5. The molecule has 2 aromatic carbocycles. The first-order valence-corrected chi connectivity index (χ1v) is 11.1. The Hall–Kier alpha value is -2.84. The lowest BCUT2D eigenvalue weighted by atomic mass is 10.1. The van der Waals surface area contributed by atoms with E-state index >= 15 is 0 Å². The number of esters is 1. The van der Waals surface area contributed by atoms with Crippen molar-refractivity contribution in [3.05, 3.63) is 63.7 Å². The second-order valence-corrected chi connectivity index (χ2v) is 7.95. The molecule has 7 nitrogen and oxygen atoms in total. The highest BCUT2D eigenvalue weighted by molar-refractivity contribution is 8.13. The van der Waals surface area contributed by atoms with E-state index in [1.165, 1.54) is 28.8 Å². The van der Waals surface area contributed by atoms with Crippen LogP contribution in [0.5, 0.6) is 5.75 Å². The highest BCUT2D eigenvalue weighted by Gasteiger charge is 2.29. The van der Waals surface area contributed by atoms with E-state index in [4.69, 9.17) is 26.5 Å². The molecule has 0 atom stereocenters. The fourth-order valence-electron chi connectivity index (χ4n) is 3.16. The molecule has 0 spiro atoms. The molecule has 3 rings (SSSR count). The highest BCUT2D eigenvalue weighted by Crippen LogP contribution is 2.28. The predicted molar refractivity (Wildman–Crippen MR) is 119 cm³/mol. The van der Waals surface area contributed by atoms with Crippen LogP contribution in [0.1, 0.15) is 38.8 Å². The molecule has 1 amide bonds. The van der Waals surface area contributed by atoms with Crippen LogP contribution < -0.4 is 4.74 Å². The minimum atomic E-state index is -0.512. The molecule has 9 heteroatoms.